The van der Waals surface area contributed by atoms with Gasteiger partial charge in [-0.1, -0.05) is 49.4 Å². The Bertz CT molecular complexity index is 679. The predicted molar refractivity (Wildman–Crippen MR) is 98.8 cm³/mol. The van der Waals surface area contributed by atoms with Gasteiger partial charge in [0, 0.05) is 6.04 Å². The molecule has 4 nitrogen and oxygen atoms in total. The molecule has 0 radical (unpaired) electrons. The second kappa shape index (κ2) is 8.15. The van der Waals surface area contributed by atoms with Gasteiger partial charge in [-0.3, -0.25) is 4.79 Å². The lowest BCUT2D eigenvalue weighted by molar-refractivity contribution is 0.102. The highest BCUT2D eigenvalue weighted by Gasteiger charge is 2.13. The summed E-state index contributed by atoms with van der Waals surface area (Å²) in [5.74, 6) is 0.629. The zero-order valence-electron chi connectivity index (χ0n) is 13.6. The first kappa shape index (κ1) is 16.8. The molecular formula is C19H22ClN3O. The van der Waals surface area contributed by atoms with E-state index in [9.17, 15) is 4.79 Å². The number of hydrogen-bond acceptors (Lipinski definition) is 3. The summed E-state index contributed by atoms with van der Waals surface area (Å²) in [5, 5.41) is 6.76. The quantitative estimate of drug-likeness (QED) is 0.757. The Labute approximate surface area is 147 Å². The predicted octanol–water partition coefficient (Wildman–Crippen LogP) is 5.12. The highest BCUT2D eigenvalue weighted by molar-refractivity contribution is 6.34. The third-order valence-corrected chi connectivity index (χ3v) is 4.68. The molecule has 0 saturated heterocycles. The van der Waals surface area contributed by atoms with Gasteiger partial charge in [-0.25, -0.2) is 4.98 Å². The number of pyridine rings is 1. The number of anilines is 2. The number of aromatic nitrogens is 1. The molecule has 0 unspecified atom stereocenters. The fraction of sp³-hybridized carbons (Fsp3) is 0.368. The van der Waals surface area contributed by atoms with Gasteiger partial charge in [-0.2, -0.15) is 0 Å². The first-order valence-electron chi connectivity index (χ1n) is 8.51. The number of hydrogen-bond donors (Lipinski definition) is 2. The summed E-state index contributed by atoms with van der Waals surface area (Å²) in [5.41, 5.74) is 1.12. The van der Waals surface area contributed by atoms with E-state index in [4.69, 9.17) is 11.6 Å². The zero-order valence-corrected chi connectivity index (χ0v) is 14.4. The summed E-state index contributed by atoms with van der Waals surface area (Å²) in [4.78, 5) is 16.6. The summed E-state index contributed by atoms with van der Waals surface area (Å²) in [7, 11) is 0. The monoisotopic (exact) mass is 343 g/mol. The zero-order chi connectivity index (χ0) is 16.8. The Kier molecular flexibility index (Phi) is 5.70. The minimum atomic E-state index is -0.230. The lowest BCUT2D eigenvalue weighted by atomic mass is 10.1. The molecule has 1 aromatic heterocycles. The third-order valence-electron chi connectivity index (χ3n) is 4.35. The number of carbonyl (C=O) groups excluding carboxylic acids is 1. The van der Waals surface area contributed by atoms with E-state index in [1.54, 1.807) is 30.5 Å². The molecule has 2 aromatic rings. The molecule has 1 aliphatic rings. The van der Waals surface area contributed by atoms with E-state index in [1.807, 2.05) is 12.1 Å². The van der Waals surface area contributed by atoms with Crippen LogP contribution in [-0.2, 0) is 0 Å². The van der Waals surface area contributed by atoms with E-state index in [0.29, 0.717) is 22.3 Å². The van der Waals surface area contributed by atoms with Crippen LogP contribution in [0.1, 0.15) is 48.9 Å². The van der Waals surface area contributed by atoms with Crippen molar-refractivity contribution in [1.82, 2.24) is 4.98 Å². The van der Waals surface area contributed by atoms with E-state index in [-0.39, 0.29) is 5.91 Å². The lowest BCUT2D eigenvalue weighted by Gasteiger charge is -2.17. The molecule has 1 aliphatic carbocycles. The molecule has 0 spiro atoms. The second-order valence-corrected chi connectivity index (χ2v) is 6.61. The van der Waals surface area contributed by atoms with Crippen LogP contribution >= 0.6 is 11.6 Å². The maximum Gasteiger partial charge on any atom is 0.257 e. The molecule has 126 valence electrons. The fourth-order valence-corrected chi connectivity index (χ4v) is 3.25. The summed E-state index contributed by atoms with van der Waals surface area (Å²) < 4.78 is 0. The van der Waals surface area contributed by atoms with Gasteiger partial charge in [-0.05, 0) is 37.1 Å². The minimum absolute atomic E-state index is 0.230. The normalized spacial score (nSPS) is 15.5. The molecule has 1 saturated carbocycles. The van der Waals surface area contributed by atoms with Gasteiger partial charge >= 0.3 is 0 Å². The van der Waals surface area contributed by atoms with Gasteiger partial charge in [0.25, 0.3) is 5.91 Å². The molecule has 2 N–H and O–H groups in total. The van der Waals surface area contributed by atoms with Crippen LogP contribution < -0.4 is 10.6 Å². The van der Waals surface area contributed by atoms with Gasteiger partial charge in [-0.15, -0.1) is 0 Å². The van der Waals surface area contributed by atoms with E-state index in [2.05, 4.69) is 15.6 Å². The molecule has 1 amide bonds. The van der Waals surface area contributed by atoms with E-state index in [1.165, 1.54) is 38.5 Å². The summed E-state index contributed by atoms with van der Waals surface area (Å²) in [6.45, 7) is 0. The molecule has 1 heterocycles. The molecule has 0 atom stereocenters. The second-order valence-electron chi connectivity index (χ2n) is 6.20. The number of nitrogens with zero attached hydrogens (tertiary/aromatic N) is 1. The smallest absolute Gasteiger partial charge is 0.257 e. The van der Waals surface area contributed by atoms with Crippen molar-refractivity contribution < 1.29 is 4.79 Å². The van der Waals surface area contributed by atoms with Crippen LogP contribution in [0.5, 0.6) is 0 Å². The average Bonchev–Trinajstić information content (AvgIpc) is 2.86. The van der Waals surface area contributed by atoms with Crippen molar-refractivity contribution in [3.05, 3.63) is 53.2 Å². The van der Waals surface area contributed by atoms with Crippen LogP contribution in [0, 0.1) is 0 Å². The first-order chi connectivity index (χ1) is 11.7. The molecule has 0 bridgehead atoms. The highest BCUT2D eigenvalue weighted by Crippen LogP contribution is 2.21. The number of halogens is 1. The standard InChI is InChI=1S/C19H22ClN3O/c20-17-10-6-5-9-16(17)19(24)23-15-11-12-18(21-13-15)22-14-7-3-1-2-4-8-14/h5-6,9-14H,1-4,7-8H2,(H,21,22)(H,23,24). The van der Waals surface area contributed by atoms with Gasteiger partial charge in [0.05, 0.1) is 22.5 Å². The number of rotatable bonds is 4. The Morgan fingerprint density at radius 1 is 1.04 bits per heavy atom. The van der Waals surface area contributed by atoms with Crippen molar-refractivity contribution in [2.24, 2.45) is 0 Å². The topological polar surface area (TPSA) is 54.0 Å². The maximum atomic E-state index is 12.2. The van der Waals surface area contributed by atoms with Crippen LogP contribution in [0.25, 0.3) is 0 Å². The maximum absolute atomic E-state index is 12.2. The van der Waals surface area contributed by atoms with Crippen molar-refractivity contribution >= 4 is 29.0 Å². The Morgan fingerprint density at radius 2 is 1.79 bits per heavy atom. The van der Waals surface area contributed by atoms with Crippen molar-refractivity contribution in [3.8, 4) is 0 Å². The Morgan fingerprint density at radius 3 is 2.46 bits per heavy atom. The molecule has 5 heteroatoms. The minimum Gasteiger partial charge on any atom is -0.367 e. The Balaban J connectivity index is 1.60. The number of amides is 1. The van der Waals surface area contributed by atoms with E-state index in [0.717, 1.165) is 5.82 Å². The fourth-order valence-electron chi connectivity index (χ4n) is 3.03. The van der Waals surface area contributed by atoms with Crippen molar-refractivity contribution in [3.63, 3.8) is 0 Å². The van der Waals surface area contributed by atoms with Gasteiger partial charge in [0.2, 0.25) is 0 Å². The van der Waals surface area contributed by atoms with Gasteiger partial charge < -0.3 is 10.6 Å². The molecule has 1 fully saturated rings. The van der Waals surface area contributed by atoms with Crippen LogP contribution in [-0.4, -0.2) is 16.9 Å². The molecule has 24 heavy (non-hydrogen) atoms. The number of nitrogens with one attached hydrogen (secondary N) is 2. The van der Waals surface area contributed by atoms with Crippen molar-refractivity contribution in [1.29, 1.82) is 0 Å². The lowest BCUT2D eigenvalue weighted by Crippen LogP contribution is -2.19. The summed E-state index contributed by atoms with van der Waals surface area (Å²) in [6, 6.07) is 11.3. The number of carbonyl (C=O) groups is 1. The van der Waals surface area contributed by atoms with E-state index < -0.39 is 0 Å². The van der Waals surface area contributed by atoms with Gasteiger partial charge in [0.15, 0.2) is 0 Å². The van der Waals surface area contributed by atoms with Crippen molar-refractivity contribution in [2.75, 3.05) is 10.6 Å². The Hall–Kier alpha value is -2.07. The molecule has 0 aliphatic heterocycles. The van der Waals surface area contributed by atoms with Crippen LogP contribution in [0.4, 0.5) is 11.5 Å². The summed E-state index contributed by atoms with van der Waals surface area (Å²) in [6.07, 6.45) is 9.30. The first-order valence-corrected chi connectivity index (χ1v) is 8.88. The van der Waals surface area contributed by atoms with Crippen LogP contribution in [0.3, 0.4) is 0 Å². The van der Waals surface area contributed by atoms with Gasteiger partial charge in [0.1, 0.15) is 5.82 Å². The largest absolute Gasteiger partial charge is 0.367 e. The van der Waals surface area contributed by atoms with Crippen LogP contribution in [0.2, 0.25) is 5.02 Å². The third kappa shape index (κ3) is 4.48. The number of benzene rings is 1. The summed E-state index contributed by atoms with van der Waals surface area (Å²) >= 11 is 6.05. The van der Waals surface area contributed by atoms with Crippen molar-refractivity contribution in [2.45, 2.75) is 44.6 Å². The molecular weight excluding hydrogens is 322 g/mol. The average molecular weight is 344 g/mol. The molecule has 3 rings (SSSR count). The molecule has 1 aromatic carbocycles. The van der Waals surface area contributed by atoms with E-state index >= 15 is 0 Å². The SMILES string of the molecule is O=C(Nc1ccc(NC2CCCCCC2)nc1)c1ccccc1Cl. The highest BCUT2D eigenvalue weighted by atomic mass is 35.5. The van der Waals surface area contributed by atoms with Crippen LogP contribution in [0.15, 0.2) is 42.6 Å².